The molecule has 1 aliphatic rings. The van der Waals surface area contributed by atoms with Gasteiger partial charge in [-0.2, -0.15) is 0 Å². The summed E-state index contributed by atoms with van der Waals surface area (Å²) in [5.74, 6) is 9.19. The van der Waals surface area contributed by atoms with Gasteiger partial charge in [0.25, 0.3) is 0 Å². The molecule has 0 N–H and O–H groups in total. The molecule has 1 heteroatoms. The maximum absolute atomic E-state index is 5.20. The summed E-state index contributed by atoms with van der Waals surface area (Å²) < 4.78 is 5.15. The molecule has 0 spiro atoms. The first-order valence-corrected chi connectivity index (χ1v) is 6.94. The van der Waals surface area contributed by atoms with E-state index in [1.165, 1.54) is 44.9 Å². The van der Waals surface area contributed by atoms with Gasteiger partial charge in [-0.15, -0.1) is 24.2 Å². The van der Waals surface area contributed by atoms with Crippen LogP contribution in [-0.4, -0.2) is 12.7 Å². The van der Waals surface area contributed by atoms with Crippen LogP contribution in [0.25, 0.3) is 0 Å². The number of hydrogen-bond acceptors (Lipinski definition) is 1. The fourth-order valence-corrected chi connectivity index (χ4v) is 1.80. The van der Waals surface area contributed by atoms with Crippen molar-refractivity contribution in [1.82, 2.24) is 0 Å². The standard InChI is InChI=1S/C16H24O/c1-2-3-4-5-6-7-8-9-10-11-12-13-14-16-15-17-16/h1,16H,3-9,12-15H2. The molecule has 1 atom stereocenters. The molecule has 1 fully saturated rings. The van der Waals surface area contributed by atoms with E-state index >= 15 is 0 Å². The molecule has 1 heterocycles. The minimum atomic E-state index is 0.569. The summed E-state index contributed by atoms with van der Waals surface area (Å²) in [5, 5.41) is 0. The van der Waals surface area contributed by atoms with E-state index in [9.17, 15) is 0 Å². The zero-order valence-electron chi connectivity index (χ0n) is 10.8. The molecule has 17 heavy (non-hydrogen) atoms. The minimum absolute atomic E-state index is 0.569. The highest BCUT2D eigenvalue weighted by Gasteiger charge is 2.20. The van der Waals surface area contributed by atoms with Crippen molar-refractivity contribution in [1.29, 1.82) is 0 Å². The number of hydrogen-bond donors (Lipinski definition) is 0. The van der Waals surface area contributed by atoms with E-state index in [4.69, 9.17) is 11.2 Å². The molecular formula is C16H24O. The van der Waals surface area contributed by atoms with Crippen molar-refractivity contribution < 1.29 is 4.74 Å². The number of rotatable bonds is 9. The molecule has 0 aromatic heterocycles. The van der Waals surface area contributed by atoms with Gasteiger partial charge in [0.1, 0.15) is 0 Å². The predicted octanol–water partition coefficient (Wildman–Crippen LogP) is 3.92. The lowest BCUT2D eigenvalue weighted by molar-refractivity contribution is 0.393. The Bertz CT molecular complexity index is 272. The van der Waals surface area contributed by atoms with E-state index < -0.39 is 0 Å². The van der Waals surface area contributed by atoms with Gasteiger partial charge in [0.05, 0.1) is 12.7 Å². The Labute approximate surface area is 106 Å². The summed E-state index contributed by atoms with van der Waals surface area (Å²) in [6.07, 6.45) is 17.5. The Morgan fingerprint density at radius 2 is 1.47 bits per heavy atom. The monoisotopic (exact) mass is 232 g/mol. The Hall–Kier alpha value is -0.920. The second-order valence-electron chi connectivity index (χ2n) is 4.67. The Kier molecular flexibility index (Phi) is 8.53. The fraction of sp³-hybridized carbons (Fsp3) is 0.750. The van der Waals surface area contributed by atoms with Crippen molar-refractivity contribution in [2.45, 2.75) is 70.3 Å². The molecular weight excluding hydrogens is 208 g/mol. The van der Waals surface area contributed by atoms with Crippen LogP contribution in [0.1, 0.15) is 64.2 Å². The molecule has 1 unspecified atom stereocenters. The highest BCUT2D eigenvalue weighted by Crippen LogP contribution is 2.15. The number of ether oxygens (including phenoxy) is 1. The Morgan fingerprint density at radius 3 is 2.12 bits per heavy atom. The zero-order valence-corrected chi connectivity index (χ0v) is 10.8. The van der Waals surface area contributed by atoms with Gasteiger partial charge in [-0.3, -0.25) is 0 Å². The SMILES string of the molecule is C#CCCCCCCCC#CCCCC1CO1. The molecule has 0 saturated carbocycles. The minimum Gasteiger partial charge on any atom is -0.373 e. The average molecular weight is 232 g/mol. The van der Waals surface area contributed by atoms with Crippen LogP contribution in [0.4, 0.5) is 0 Å². The largest absolute Gasteiger partial charge is 0.373 e. The highest BCUT2D eigenvalue weighted by molar-refractivity contribution is 4.98. The van der Waals surface area contributed by atoms with Crippen molar-refractivity contribution in [3.8, 4) is 24.2 Å². The second kappa shape index (κ2) is 10.2. The smallest absolute Gasteiger partial charge is 0.0810 e. The normalized spacial score (nSPS) is 17.0. The molecule has 0 radical (unpaired) electrons. The third-order valence-electron chi connectivity index (χ3n) is 2.98. The molecule has 1 nitrogen and oxygen atoms in total. The first kappa shape index (κ1) is 14.1. The summed E-state index contributed by atoms with van der Waals surface area (Å²) in [7, 11) is 0. The van der Waals surface area contributed by atoms with Crippen molar-refractivity contribution in [2.75, 3.05) is 6.61 Å². The second-order valence-corrected chi connectivity index (χ2v) is 4.67. The zero-order chi connectivity index (χ0) is 12.2. The van der Waals surface area contributed by atoms with Gasteiger partial charge in [0.2, 0.25) is 0 Å². The molecule has 1 aliphatic heterocycles. The van der Waals surface area contributed by atoms with Gasteiger partial charge in [0.15, 0.2) is 0 Å². The van der Waals surface area contributed by atoms with Gasteiger partial charge in [-0.25, -0.2) is 0 Å². The lowest BCUT2D eigenvalue weighted by Gasteiger charge is -1.96. The lowest BCUT2D eigenvalue weighted by atomic mass is 10.1. The van der Waals surface area contributed by atoms with Gasteiger partial charge in [0, 0.05) is 19.3 Å². The summed E-state index contributed by atoms with van der Waals surface area (Å²) in [6, 6.07) is 0. The van der Waals surface area contributed by atoms with Crippen LogP contribution in [0.15, 0.2) is 0 Å². The number of unbranched alkanes of at least 4 members (excludes halogenated alkanes) is 7. The van der Waals surface area contributed by atoms with Crippen LogP contribution in [-0.2, 0) is 4.74 Å². The molecule has 94 valence electrons. The maximum atomic E-state index is 5.20. The van der Waals surface area contributed by atoms with Gasteiger partial charge >= 0.3 is 0 Å². The summed E-state index contributed by atoms with van der Waals surface area (Å²) in [4.78, 5) is 0. The summed E-state index contributed by atoms with van der Waals surface area (Å²) in [6.45, 7) is 0.979. The van der Waals surface area contributed by atoms with Crippen molar-refractivity contribution in [3.05, 3.63) is 0 Å². The molecule has 1 rings (SSSR count). The van der Waals surface area contributed by atoms with E-state index in [0.717, 1.165) is 25.9 Å². The molecule has 0 aliphatic carbocycles. The van der Waals surface area contributed by atoms with Crippen molar-refractivity contribution in [3.63, 3.8) is 0 Å². The van der Waals surface area contributed by atoms with E-state index in [2.05, 4.69) is 17.8 Å². The van der Waals surface area contributed by atoms with Crippen LogP contribution in [0.2, 0.25) is 0 Å². The quantitative estimate of drug-likeness (QED) is 0.333. The number of epoxide rings is 1. The van der Waals surface area contributed by atoms with E-state index in [0.29, 0.717) is 6.10 Å². The van der Waals surface area contributed by atoms with Crippen LogP contribution in [0.5, 0.6) is 0 Å². The van der Waals surface area contributed by atoms with Crippen LogP contribution < -0.4 is 0 Å². The molecule has 0 amide bonds. The van der Waals surface area contributed by atoms with Crippen molar-refractivity contribution >= 4 is 0 Å². The topological polar surface area (TPSA) is 12.5 Å². The maximum Gasteiger partial charge on any atom is 0.0810 e. The van der Waals surface area contributed by atoms with Crippen LogP contribution >= 0.6 is 0 Å². The Balaban J connectivity index is 1.73. The van der Waals surface area contributed by atoms with E-state index in [1.807, 2.05) is 0 Å². The van der Waals surface area contributed by atoms with E-state index in [-0.39, 0.29) is 0 Å². The summed E-state index contributed by atoms with van der Waals surface area (Å²) in [5.41, 5.74) is 0. The van der Waals surface area contributed by atoms with Gasteiger partial charge in [-0.1, -0.05) is 19.3 Å². The van der Waals surface area contributed by atoms with Crippen LogP contribution in [0, 0.1) is 24.2 Å². The predicted molar refractivity (Wildman–Crippen MR) is 72.5 cm³/mol. The third kappa shape index (κ3) is 9.98. The van der Waals surface area contributed by atoms with Gasteiger partial charge in [-0.05, 0) is 25.7 Å². The average Bonchev–Trinajstić information content (AvgIpc) is 3.15. The molecule has 0 aromatic carbocycles. The first-order chi connectivity index (χ1) is 8.43. The fourth-order valence-electron chi connectivity index (χ4n) is 1.80. The van der Waals surface area contributed by atoms with Gasteiger partial charge < -0.3 is 4.74 Å². The Morgan fingerprint density at radius 1 is 0.882 bits per heavy atom. The third-order valence-corrected chi connectivity index (χ3v) is 2.98. The number of terminal acetylenes is 1. The first-order valence-electron chi connectivity index (χ1n) is 6.94. The molecule has 0 aromatic rings. The van der Waals surface area contributed by atoms with Crippen LogP contribution in [0.3, 0.4) is 0 Å². The summed E-state index contributed by atoms with van der Waals surface area (Å²) >= 11 is 0. The van der Waals surface area contributed by atoms with E-state index in [1.54, 1.807) is 0 Å². The highest BCUT2D eigenvalue weighted by atomic mass is 16.6. The lowest BCUT2D eigenvalue weighted by Crippen LogP contribution is -1.83. The van der Waals surface area contributed by atoms with Crippen molar-refractivity contribution in [2.24, 2.45) is 0 Å². The molecule has 1 saturated heterocycles. The molecule has 0 bridgehead atoms.